The number of benzene rings is 2. The lowest BCUT2D eigenvalue weighted by atomic mass is 9.83. The van der Waals surface area contributed by atoms with E-state index < -0.39 is 11.6 Å². The maximum Gasteiger partial charge on any atom is 0.317 e. The summed E-state index contributed by atoms with van der Waals surface area (Å²) in [5, 5.41) is 0. The van der Waals surface area contributed by atoms with Crippen molar-refractivity contribution in [1.82, 2.24) is 0 Å². The van der Waals surface area contributed by atoms with Crippen LogP contribution in [0.2, 0.25) is 0 Å². The molecule has 0 radical (unpaired) electrons. The van der Waals surface area contributed by atoms with Crippen LogP contribution >= 0.6 is 0 Å². The minimum atomic E-state index is -0.505. The van der Waals surface area contributed by atoms with E-state index in [1.54, 1.807) is 37.3 Å². The van der Waals surface area contributed by atoms with Gasteiger partial charge in [-0.3, -0.25) is 14.4 Å². The van der Waals surface area contributed by atoms with Crippen molar-refractivity contribution in [2.24, 2.45) is 0 Å². The quantitative estimate of drug-likeness (QED) is 0.485. The van der Waals surface area contributed by atoms with Gasteiger partial charge in [0.15, 0.2) is 0 Å². The number of carbonyl (C=O) groups excluding carboxylic acids is 3. The van der Waals surface area contributed by atoms with E-state index in [2.05, 4.69) is 11.8 Å². The summed E-state index contributed by atoms with van der Waals surface area (Å²) in [6, 6.07) is 12.1. The second kappa shape index (κ2) is 6.51. The first-order chi connectivity index (χ1) is 11.6. The summed E-state index contributed by atoms with van der Waals surface area (Å²) in [7, 11) is 0. The number of hydrogen-bond acceptors (Lipinski definition) is 4. The van der Waals surface area contributed by atoms with Crippen LogP contribution in [0.15, 0.2) is 42.5 Å². The molecule has 0 heterocycles. The van der Waals surface area contributed by atoms with Crippen molar-refractivity contribution < 1.29 is 19.1 Å². The molecule has 0 aromatic heterocycles. The molecule has 3 rings (SSSR count). The maximum atomic E-state index is 12.2. The third-order valence-electron chi connectivity index (χ3n) is 3.70. The zero-order valence-corrected chi connectivity index (χ0v) is 13.1. The van der Waals surface area contributed by atoms with Gasteiger partial charge in [0.25, 0.3) is 0 Å². The fourth-order valence-electron chi connectivity index (χ4n) is 2.63. The van der Waals surface area contributed by atoms with E-state index in [4.69, 9.17) is 4.74 Å². The van der Waals surface area contributed by atoms with Gasteiger partial charge in [0, 0.05) is 16.7 Å². The molecule has 2 aromatic rings. The highest BCUT2D eigenvalue weighted by atomic mass is 16.5. The van der Waals surface area contributed by atoms with Crippen LogP contribution in [0.3, 0.4) is 0 Å². The van der Waals surface area contributed by atoms with E-state index in [1.807, 2.05) is 12.1 Å². The highest BCUT2D eigenvalue weighted by Gasteiger charge is 2.29. The zero-order chi connectivity index (χ0) is 17.1. The monoisotopic (exact) mass is 318 g/mol. The van der Waals surface area contributed by atoms with Gasteiger partial charge in [-0.2, -0.15) is 0 Å². The summed E-state index contributed by atoms with van der Waals surface area (Å²) in [4.78, 5) is 35.7. The van der Waals surface area contributed by atoms with Crippen molar-refractivity contribution in [3.8, 4) is 23.0 Å². The molecule has 0 unspecified atom stereocenters. The molecule has 4 nitrogen and oxygen atoms in total. The molecule has 1 aliphatic carbocycles. The van der Waals surface area contributed by atoms with Crippen LogP contribution in [0.4, 0.5) is 0 Å². The summed E-state index contributed by atoms with van der Waals surface area (Å²) in [6.07, 6.45) is 0.0128. The van der Waals surface area contributed by atoms with Crippen LogP contribution in [0.25, 0.3) is 11.1 Å². The first kappa shape index (κ1) is 15.7. The summed E-state index contributed by atoms with van der Waals surface area (Å²) >= 11 is 0. The topological polar surface area (TPSA) is 60.4 Å². The van der Waals surface area contributed by atoms with Crippen molar-refractivity contribution in [3.63, 3.8) is 0 Å². The van der Waals surface area contributed by atoms with Gasteiger partial charge in [-0.25, -0.2) is 0 Å². The van der Waals surface area contributed by atoms with Gasteiger partial charge in [-0.05, 0) is 36.2 Å². The van der Waals surface area contributed by atoms with E-state index in [9.17, 15) is 14.4 Å². The maximum absolute atomic E-state index is 12.2. The Kier molecular flexibility index (Phi) is 4.26. The number of hydrogen-bond donors (Lipinski definition) is 0. The van der Waals surface area contributed by atoms with Gasteiger partial charge in [0.1, 0.15) is 6.42 Å². The Labute approximate surface area is 139 Å². The predicted octanol–water partition coefficient (Wildman–Crippen LogP) is 3.04. The van der Waals surface area contributed by atoms with E-state index in [0.29, 0.717) is 28.9 Å². The minimum Gasteiger partial charge on any atom is -0.465 e. The normalized spacial score (nSPS) is 11.9. The van der Waals surface area contributed by atoms with Gasteiger partial charge < -0.3 is 4.74 Å². The van der Waals surface area contributed by atoms with Crippen LogP contribution in [0, 0.1) is 11.8 Å². The van der Waals surface area contributed by atoms with E-state index in [0.717, 1.165) is 5.56 Å². The summed E-state index contributed by atoms with van der Waals surface area (Å²) in [6.45, 7) is 2.07. The van der Waals surface area contributed by atoms with Gasteiger partial charge >= 0.3 is 5.97 Å². The van der Waals surface area contributed by atoms with Crippen molar-refractivity contribution in [2.75, 3.05) is 6.61 Å². The Bertz CT molecular complexity index is 913. The molecule has 4 heteroatoms. The molecule has 0 fully saturated rings. The molecule has 0 bridgehead atoms. The Morgan fingerprint density at radius 1 is 0.958 bits per heavy atom. The number of Topliss-reactive ketones (excluding diaryl/α,β-unsaturated/α-hetero) is 2. The van der Waals surface area contributed by atoms with Crippen LogP contribution in [-0.2, 0) is 9.53 Å². The van der Waals surface area contributed by atoms with Gasteiger partial charge in [-0.1, -0.05) is 36.1 Å². The minimum absolute atomic E-state index is 0.0128. The van der Waals surface area contributed by atoms with Crippen molar-refractivity contribution in [3.05, 3.63) is 59.2 Å². The number of ether oxygens (including phenoxy) is 1. The fraction of sp³-hybridized carbons (Fsp3) is 0.150. The fourth-order valence-corrected chi connectivity index (χ4v) is 2.63. The lowest BCUT2D eigenvalue weighted by molar-refractivity contribution is -0.141. The molecular formula is C20H14O4. The van der Waals surface area contributed by atoms with Crippen LogP contribution in [-0.4, -0.2) is 24.1 Å². The van der Waals surface area contributed by atoms with E-state index in [-0.39, 0.29) is 12.4 Å². The van der Waals surface area contributed by atoms with E-state index in [1.165, 1.54) is 0 Å². The van der Waals surface area contributed by atoms with Crippen molar-refractivity contribution >= 4 is 17.5 Å². The second-order valence-corrected chi connectivity index (χ2v) is 5.25. The average molecular weight is 318 g/mol. The molecule has 1 aliphatic rings. The summed E-state index contributed by atoms with van der Waals surface area (Å²) < 4.78 is 4.82. The van der Waals surface area contributed by atoms with E-state index >= 15 is 0 Å². The first-order valence-corrected chi connectivity index (χ1v) is 7.58. The van der Waals surface area contributed by atoms with Crippen molar-refractivity contribution in [2.45, 2.75) is 13.3 Å². The zero-order valence-electron chi connectivity index (χ0n) is 13.1. The number of rotatable bonds is 2. The number of ketones is 2. The summed E-state index contributed by atoms with van der Waals surface area (Å²) in [5.74, 6) is 4.30. The molecule has 0 amide bonds. The lowest BCUT2D eigenvalue weighted by Gasteiger charge is -2.17. The molecule has 0 atom stereocenters. The predicted molar refractivity (Wildman–Crippen MR) is 88.7 cm³/mol. The average Bonchev–Trinajstić information content (AvgIpc) is 2.60. The Hall–Kier alpha value is -3.19. The third-order valence-corrected chi connectivity index (χ3v) is 3.70. The van der Waals surface area contributed by atoms with Crippen LogP contribution in [0.5, 0.6) is 0 Å². The number of carbonyl (C=O) groups is 3. The van der Waals surface area contributed by atoms with Gasteiger partial charge in [0.2, 0.25) is 11.6 Å². The highest BCUT2D eigenvalue weighted by molar-refractivity contribution is 6.53. The first-order valence-electron chi connectivity index (χ1n) is 7.58. The smallest absolute Gasteiger partial charge is 0.317 e. The molecule has 2 aromatic carbocycles. The largest absolute Gasteiger partial charge is 0.465 e. The SMILES string of the molecule is CCOC(=O)CC#Cc1ccc2c(c1)-c1ccccc1C(=O)C2=O. The number of esters is 1. The molecule has 24 heavy (non-hydrogen) atoms. The molecule has 118 valence electrons. The molecule has 0 spiro atoms. The third kappa shape index (κ3) is 2.84. The van der Waals surface area contributed by atoms with Crippen LogP contribution < -0.4 is 0 Å². The van der Waals surface area contributed by atoms with Crippen LogP contribution in [0.1, 0.15) is 39.6 Å². The standard InChI is InChI=1S/C20H14O4/c1-2-24-18(21)9-5-6-13-10-11-16-17(12-13)14-7-3-4-8-15(14)19(22)20(16)23/h3-4,7-8,10-12H,2,9H2,1H3. The molecule has 0 saturated carbocycles. The second-order valence-electron chi connectivity index (χ2n) is 5.25. The highest BCUT2D eigenvalue weighted by Crippen LogP contribution is 2.33. The molecule has 0 saturated heterocycles. The Morgan fingerprint density at radius 2 is 1.62 bits per heavy atom. The molecule has 0 N–H and O–H groups in total. The number of fused-ring (bicyclic) bond motifs is 3. The summed E-state index contributed by atoms with van der Waals surface area (Å²) in [5.41, 5.74) is 2.89. The molecular weight excluding hydrogens is 304 g/mol. The Balaban J connectivity index is 1.97. The Morgan fingerprint density at radius 3 is 2.33 bits per heavy atom. The van der Waals surface area contributed by atoms with Crippen molar-refractivity contribution in [1.29, 1.82) is 0 Å². The lowest BCUT2D eigenvalue weighted by Crippen LogP contribution is -2.21. The van der Waals surface area contributed by atoms with Gasteiger partial charge in [-0.15, -0.1) is 0 Å². The van der Waals surface area contributed by atoms with Gasteiger partial charge in [0.05, 0.1) is 6.61 Å². The molecule has 0 aliphatic heterocycles.